The van der Waals surface area contributed by atoms with Gasteiger partial charge in [0.1, 0.15) is 5.75 Å². The van der Waals surface area contributed by atoms with Crippen molar-refractivity contribution in [2.75, 3.05) is 32.0 Å². The molecule has 0 amide bonds. The molecule has 32 heavy (non-hydrogen) atoms. The largest absolute Gasteiger partial charge is 0.496 e. The molecule has 1 aliphatic heterocycles. The summed E-state index contributed by atoms with van der Waals surface area (Å²) in [4.78, 5) is 13.5. The smallest absolute Gasteiger partial charge is 0.164 e. The lowest BCUT2D eigenvalue weighted by atomic mass is 9.73. The fraction of sp³-hybridized carbons (Fsp3) is 0.423. The third-order valence-corrected chi connectivity index (χ3v) is 6.47. The monoisotopic (exact) mass is 436 g/mol. The summed E-state index contributed by atoms with van der Waals surface area (Å²) in [6, 6.07) is 7.60. The number of aryl methyl sites for hydroxylation is 2. The van der Waals surface area contributed by atoms with E-state index >= 15 is 0 Å². The summed E-state index contributed by atoms with van der Waals surface area (Å²) >= 11 is 0. The van der Waals surface area contributed by atoms with Crippen LogP contribution in [0.15, 0.2) is 35.5 Å². The van der Waals surface area contributed by atoms with Crippen LogP contribution in [-0.4, -0.2) is 27.1 Å². The highest BCUT2D eigenvalue weighted by molar-refractivity contribution is 6.01. The number of ether oxygens (including phenoxy) is 3. The zero-order chi connectivity index (χ0) is 23.2. The minimum Gasteiger partial charge on any atom is -0.496 e. The predicted molar refractivity (Wildman–Crippen MR) is 127 cm³/mol. The number of nitrogens with one attached hydrogen (secondary N) is 2. The zero-order valence-corrected chi connectivity index (χ0v) is 19.9. The molecular formula is C26H32N2O4. The van der Waals surface area contributed by atoms with Crippen LogP contribution in [0.3, 0.4) is 0 Å². The maximum Gasteiger partial charge on any atom is 0.164 e. The lowest BCUT2D eigenvalue weighted by Gasteiger charge is -2.34. The van der Waals surface area contributed by atoms with Crippen molar-refractivity contribution in [3.63, 3.8) is 0 Å². The predicted octanol–water partition coefficient (Wildman–Crippen LogP) is 5.55. The van der Waals surface area contributed by atoms with Crippen LogP contribution in [-0.2, 0) is 4.79 Å². The van der Waals surface area contributed by atoms with Crippen LogP contribution in [0.25, 0.3) is 0 Å². The molecule has 1 heterocycles. The minimum atomic E-state index is -0.390. The number of carbonyl (C=O) groups is 1. The SMILES string of the molecule is COc1cc(OC)c([C@H]2Nc3cc(C)c(C)cc3NC3=C2C(=O)CC(C)(C)C3)cc1OC. The van der Waals surface area contributed by atoms with E-state index in [2.05, 4.69) is 50.5 Å². The number of benzene rings is 2. The minimum absolute atomic E-state index is 0.112. The van der Waals surface area contributed by atoms with Crippen LogP contribution in [0.2, 0.25) is 0 Å². The lowest BCUT2D eigenvalue weighted by Crippen LogP contribution is -2.31. The molecule has 0 spiro atoms. The Bertz CT molecular complexity index is 1120. The van der Waals surface area contributed by atoms with Gasteiger partial charge in [-0.25, -0.2) is 0 Å². The molecule has 0 radical (unpaired) electrons. The summed E-state index contributed by atoms with van der Waals surface area (Å²) in [5.74, 6) is 1.95. The van der Waals surface area contributed by atoms with Crippen molar-refractivity contribution in [2.24, 2.45) is 5.41 Å². The maximum atomic E-state index is 13.5. The molecule has 6 heteroatoms. The Hall–Kier alpha value is -3.15. The standard InChI is InChI=1S/C26H32N2O4/c1-14-8-17-18(9-15(14)2)28-25(24-19(27-17)12-26(3,4)13-20(24)29)16-10-22(31-6)23(32-7)11-21(16)30-5/h8-11,25,27-28H,12-13H2,1-7H3/t25-/m1/s1. The second-order valence-corrected chi connectivity index (χ2v) is 9.47. The van der Waals surface area contributed by atoms with E-state index in [9.17, 15) is 4.79 Å². The molecule has 1 aliphatic carbocycles. The number of hydrogen-bond acceptors (Lipinski definition) is 6. The summed E-state index contributed by atoms with van der Waals surface area (Å²) in [5, 5.41) is 7.25. The van der Waals surface area contributed by atoms with Crippen molar-refractivity contribution in [3.8, 4) is 17.2 Å². The Kier molecular flexibility index (Phi) is 5.57. The number of fused-ring (bicyclic) bond motifs is 1. The molecule has 0 saturated heterocycles. The van der Waals surface area contributed by atoms with Gasteiger partial charge in [-0.15, -0.1) is 0 Å². The van der Waals surface area contributed by atoms with E-state index in [1.54, 1.807) is 21.3 Å². The van der Waals surface area contributed by atoms with Gasteiger partial charge in [0.25, 0.3) is 0 Å². The molecular weight excluding hydrogens is 404 g/mol. The van der Waals surface area contributed by atoms with E-state index in [-0.39, 0.29) is 17.2 Å². The lowest BCUT2D eigenvalue weighted by molar-refractivity contribution is -0.118. The number of carbonyl (C=O) groups excluding carboxylic acids is 1. The number of hydrogen-bond donors (Lipinski definition) is 2. The molecule has 2 aromatic rings. The van der Waals surface area contributed by atoms with Gasteiger partial charge in [0.2, 0.25) is 0 Å². The number of anilines is 2. The highest BCUT2D eigenvalue weighted by Crippen LogP contribution is 2.48. The van der Waals surface area contributed by atoms with Gasteiger partial charge in [0.05, 0.1) is 38.7 Å². The quantitative estimate of drug-likeness (QED) is 0.655. The Morgan fingerprint density at radius 2 is 1.44 bits per heavy atom. The number of rotatable bonds is 4. The van der Waals surface area contributed by atoms with Crippen molar-refractivity contribution < 1.29 is 19.0 Å². The van der Waals surface area contributed by atoms with Crippen LogP contribution in [0.4, 0.5) is 11.4 Å². The highest BCUT2D eigenvalue weighted by Gasteiger charge is 2.40. The molecule has 0 saturated carbocycles. The molecule has 0 aromatic heterocycles. The van der Waals surface area contributed by atoms with Crippen molar-refractivity contribution in [1.82, 2.24) is 0 Å². The Balaban J connectivity index is 1.96. The third kappa shape index (κ3) is 3.78. The number of Topliss-reactive ketones (excluding diaryl/α,β-unsaturated/α-hetero) is 1. The molecule has 6 nitrogen and oxygen atoms in total. The summed E-state index contributed by atoms with van der Waals surface area (Å²) in [7, 11) is 4.83. The zero-order valence-electron chi connectivity index (χ0n) is 19.9. The van der Waals surface area contributed by atoms with E-state index in [4.69, 9.17) is 14.2 Å². The Labute approximate surface area is 189 Å². The van der Waals surface area contributed by atoms with Gasteiger partial charge in [-0.2, -0.15) is 0 Å². The molecule has 2 aromatic carbocycles. The first-order valence-corrected chi connectivity index (χ1v) is 10.9. The van der Waals surface area contributed by atoms with Crippen molar-refractivity contribution >= 4 is 17.2 Å². The van der Waals surface area contributed by atoms with Crippen LogP contribution in [0.5, 0.6) is 17.2 Å². The second kappa shape index (κ2) is 8.08. The van der Waals surface area contributed by atoms with E-state index < -0.39 is 0 Å². The summed E-state index contributed by atoms with van der Waals surface area (Å²) in [6.07, 6.45) is 1.28. The molecule has 0 bridgehead atoms. The average Bonchev–Trinajstić information content (AvgIpc) is 2.88. The van der Waals surface area contributed by atoms with Gasteiger partial charge in [0, 0.05) is 29.3 Å². The highest BCUT2D eigenvalue weighted by atomic mass is 16.5. The summed E-state index contributed by atoms with van der Waals surface area (Å²) < 4.78 is 16.8. The molecule has 0 unspecified atom stereocenters. The molecule has 1 atom stereocenters. The van der Waals surface area contributed by atoms with Crippen LogP contribution in [0, 0.1) is 19.3 Å². The van der Waals surface area contributed by atoms with Gasteiger partial charge in [-0.05, 0) is 55.0 Å². The first kappa shape index (κ1) is 22.1. The van der Waals surface area contributed by atoms with Gasteiger partial charge < -0.3 is 24.8 Å². The van der Waals surface area contributed by atoms with Crippen LogP contribution >= 0.6 is 0 Å². The number of ketones is 1. The van der Waals surface area contributed by atoms with Gasteiger partial charge >= 0.3 is 0 Å². The Morgan fingerprint density at radius 1 is 0.844 bits per heavy atom. The first-order chi connectivity index (χ1) is 15.2. The van der Waals surface area contributed by atoms with Crippen LogP contribution < -0.4 is 24.8 Å². The molecule has 2 N–H and O–H groups in total. The average molecular weight is 437 g/mol. The van der Waals surface area contributed by atoms with E-state index in [0.717, 1.165) is 34.6 Å². The number of allylic oxidation sites excluding steroid dienone is 1. The van der Waals surface area contributed by atoms with E-state index in [0.29, 0.717) is 23.7 Å². The van der Waals surface area contributed by atoms with E-state index in [1.165, 1.54) is 11.1 Å². The van der Waals surface area contributed by atoms with Gasteiger partial charge in [0.15, 0.2) is 17.3 Å². The second-order valence-electron chi connectivity index (χ2n) is 9.47. The normalized spacial score (nSPS) is 19.2. The fourth-order valence-corrected chi connectivity index (χ4v) is 4.72. The third-order valence-electron chi connectivity index (χ3n) is 6.47. The van der Waals surface area contributed by atoms with Crippen molar-refractivity contribution in [2.45, 2.75) is 46.6 Å². The van der Waals surface area contributed by atoms with Crippen molar-refractivity contribution in [3.05, 3.63) is 52.2 Å². The molecule has 170 valence electrons. The molecule has 4 rings (SSSR count). The summed E-state index contributed by atoms with van der Waals surface area (Å²) in [6.45, 7) is 8.47. The fourth-order valence-electron chi connectivity index (χ4n) is 4.72. The number of methoxy groups -OCH3 is 3. The van der Waals surface area contributed by atoms with E-state index in [1.807, 2.05) is 12.1 Å². The molecule has 2 aliphatic rings. The topological polar surface area (TPSA) is 68.8 Å². The van der Waals surface area contributed by atoms with Gasteiger partial charge in [-0.3, -0.25) is 4.79 Å². The summed E-state index contributed by atoms with van der Waals surface area (Å²) in [5.41, 5.74) is 6.75. The van der Waals surface area contributed by atoms with Gasteiger partial charge in [-0.1, -0.05) is 13.8 Å². The van der Waals surface area contributed by atoms with Crippen molar-refractivity contribution in [1.29, 1.82) is 0 Å². The molecule has 0 fully saturated rings. The maximum absolute atomic E-state index is 13.5. The van der Waals surface area contributed by atoms with Crippen LogP contribution in [0.1, 0.15) is 49.4 Å². The first-order valence-electron chi connectivity index (χ1n) is 10.9. The Morgan fingerprint density at radius 3 is 2.06 bits per heavy atom.